The second-order valence-electron chi connectivity index (χ2n) is 5.76. The third kappa shape index (κ3) is 6.24. The van der Waals surface area contributed by atoms with Crippen molar-refractivity contribution in [2.45, 2.75) is 6.61 Å². The van der Waals surface area contributed by atoms with Crippen molar-refractivity contribution in [1.29, 1.82) is 0 Å². The maximum absolute atomic E-state index is 10.6. The second kappa shape index (κ2) is 10.2. The summed E-state index contributed by atoms with van der Waals surface area (Å²) in [6.45, 7) is 0.448. The Hall–Kier alpha value is -1.99. The number of nitrogens with zero attached hydrogens (tertiary/aromatic N) is 3. The molecule has 0 atom stereocenters. The van der Waals surface area contributed by atoms with Crippen LogP contribution in [0, 0.1) is 17.3 Å². The van der Waals surface area contributed by atoms with Gasteiger partial charge in [-0.2, -0.15) is 5.10 Å². The number of ether oxygens (including phenoxy) is 1. The molecule has 10 heteroatoms. The molecule has 0 bridgehead atoms. The molecular formula is C19H13ClI2N4O3. The number of rotatable bonds is 7. The van der Waals surface area contributed by atoms with Crippen molar-refractivity contribution in [3.8, 4) is 5.75 Å². The largest absolute Gasteiger partial charge is 0.487 e. The summed E-state index contributed by atoms with van der Waals surface area (Å²) in [5, 5.41) is 15.5. The van der Waals surface area contributed by atoms with Crippen molar-refractivity contribution in [3.63, 3.8) is 0 Å². The van der Waals surface area contributed by atoms with Crippen LogP contribution in [0.2, 0.25) is 5.02 Å². The van der Waals surface area contributed by atoms with Crippen LogP contribution in [-0.2, 0) is 6.61 Å². The molecule has 0 radical (unpaired) electrons. The van der Waals surface area contributed by atoms with Gasteiger partial charge in [0, 0.05) is 11.1 Å². The molecule has 2 aromatic carbocycles. The van der Waals surface area contributed by atoms with E-state index in [9.17, 15) is 10.1 Å². The number of aromatic nitrogens is 1. The number of hydrogen-bond acceptors (Lipinski definition) is 6. The smallest absolute Gasteiger partial charge is 0.287 e. The Balaban J connectivity index is 1.64. The van der Waals surface area contributed by atoms with E-state index in [-0.39, 0.29) is 5.69 Å². The van der Waals surface area contributed by atoms with E-state index in [1.54, 1.807) is 6.21 Å². The maximum atomic E-state index is 10.6. The van der Waals surface area contributed by atoms with E-state index in [4.69, 9.17) is 16.3 Å². The van der Waals surface area contributed by atoms with Gasteiger partial charge >= 0.3 is 0 Å². The quantitative estimate of drug-likeness (QED) is 0.152. The number of halogens is 3. The molecule has 29 heavy (non-hydrogen) atoms. The number of nitro groups is 1. The Morgan fingerprint density at radius 1 is 1.17 bits per heavy atom. The van der Waals surface area contributed by atoms with Crippen LogP contribution in [0.3, 0.4) is 0 Å². The van der Waals surface area contributed by atoms with E-state index in [2.05, 4.69) is 60.7 Å². The second-order valence-corrected chi connectivity index (χ2v) is 8.52. The number of anilines is 1. The van der Waals surface area contributed by atoms with Gasteiger partial charge in [0.2, 0.25) is 0 Å². The molecule has 7 nitrogen and oxygen atoms in total. The zero-order chi connectivity index (χ0) is 20.8. The molecule has 0 aliphatic heterocycles. The van der Waals surface area contributed by atoms with E-state index in [1.807, 2.05) is 36.4 Å². The van der Waals surface area contributed by atoms with Gasteiger partial charge < -0.3 is 4.74 Å². The summed E-state index contributed by atoms with van der Waals surface area (Å²) < 4.78 is 7.88. The van der Waals surface area contributed by atoms with Gasteiger partial charge in [-0.05, 0) is 86.6 Å². The first-order valence-corrected chi connectivity index (χ1v) is 10.7. The predicted molar refractivity (Wildman–Crippen MR) is 130 cm³/mol. The van der Waals surface area contributed by atoms with Gasteiger partial charge in [0.05, 0.1) is 18.3 Å². The SMILES string of the molecule is O=[N+]([O-])c1ccc(N/N=C/c2cc(I)c(OCc3ccc(Cl)cc3)c(I)c2)nc1. The number of hydrazone groups is 1. The monoisotopic (exact) mass is 634 g/mol. The van der Waals surface area contributed by atoms with Gasteiger partial charge in [0.15, 0.2) is 0 Å². The van der Waals surface area contributed by atoms with Gasteiger partial charge in [-0.1, -0.05) is 23.7 Å². The molecule has 1 N–H and O–H groups in total. The highest BCUT2D eigenvalue weighted by Gasteiger charge is 2.09. The molecule has 0 saturated carbocycles. The Kier molecular flexibility index (Phi) is 7.61. The fourth-order valence-corrected chi connectivity index (χ4v) is 4.51. The van der Waals surface area contributed by atoms with Crippen molar-refractivity contribution >= 4 is 74.5 Å². The van der Waals surface area contributed by atoms with E-state index in [0.29, 0.717) is 17.4 Å². The highest BCUT2D eigenvalue weighted by Crippen LogP contribution is 2.29. The van der Waals surface area contributed by atoms with E-state index < -0.39 is 4.92 Å². The van der Waals surface area contributed by atoms with Crippen LogP contribution in [0.25, 0.3) is 0 Å². The summed E-state index contributed by atoms with van der Waals surface area (Å²) in [5.74, 6) is 1.22. The normalized spacial score (nSPS) is 10.9. The Bertz CT molecular complexity index is 1020. The van der Waals surface area contributed by atoms with Crippen LogP contribution in [0.5, 0.6) is 5.75 Å². The van der Waals surface area contributed by atoms with Crippen LogP contribution in [-0.4, -0.2) is 16.1 Å². The summed E-state index contributed by atoms with van der Waals surface area (Å²) in [6.07, 6.45) is 2.83. The van der Waals surface area contributed by atoms with Gasteiger partial charge in [-0.3, -0.25) is 15.5 Å². The lowest BCUT2D eigenvalue weighted by Gasteiger charge is -2.11. The van der Waals surface area contributed by atoms with E-state index in [1.165, 1.54) is 18.3 Å². The van der Waals surface area contributed by atoms with Crippen molar-refractivity contribution in [2.75, 3.05) is 5.43 Å². The molecule has 0 amide bonds. The maximum Gasteiger partial charge on any atom is 0.287 e. The molecule has 0 aliphatic rings. The summed E-state index contributed by atoms with van der Waals surface area (Å²) in [4.78, 5) is 14.1. The summed E-state index contributed by atoms with van der Waals surface area (Å²) in [5.41, 5.74) is 4.60. The van der Waals surface area contributed by atoms with Gasteiger partial charge in [0.25, 0.3) is 5.69 Å². The van der Waals surface area contributed by atoms with Crippen molar-refractivity contribution in [3.05, 3.63) is 88.1 Å². The lowest BCUT2D eigenvalue weighted by molar-refractivity contribution is -0.385. The molecule has 3 rings (SSSR count). The molecule has 0 spiro atoms. The molecule has 1 heterocycles. The van der Waals surface area contributed by atoms with Crippen molar-refractivity contribution in [2.24, 2.45) is 5.10 Å². The molecule has 148 valence electrons. The Morgan fingerprint density at radius 3 is 2.45 bits per heavy atom. The molecule has 0 fully saturated rings. The number of benzene rings is 2. The Morgan fingerprint density at radius 2 is 1.86 bits per heavy atom. The van der Waals surface area contributed by atoms with Gasteiger partial charge in [0.1, 0.15) is 24.4 Å². The standard InChI is InChI=1S/C19H13ClI2N4O3/c20-14-3-1-12(2-4-14)11-29-19-16(21)7-13(8-17(19)22)9-24-25-18-6-5-15(10-23-18)26(27)28/h1-10H,11H2,(H,23,25)/b24-9+. The van der Waals surface area contributed by atoms with Crippen LogP contribution < -0.4 is 10.2 Å². The fraction of sp³-hybridized carbons (Fsp3) is 0.0526. The van der Waals surface area contributed by atoms with E-state index >= 15 is 0 Å². The zero-order valence-electron chi connectivity index (χ0n) is 14.7. The molecule has 1 aromatic heterocycles. The highest BCUT2D eigenvalue weighted by molar-refractivity contribution is 14.1. The Labute approximate surface area is 199 Å². The molecular weight excluding hydrogens is 621 g/mol. The predicted octanol–water partition coefficient (Wildman–Crippen LogP) is 5.88. The van der Waals surface area contributed by atoms with Crippen LogP contribution in [0.15, 0.2) is 59.8 Å². The average Bonchev–Trinajstić information content (AvgIpc) is 2.69. The minimum Gasteiger partial charge on any atom is -0.487 e. The van der Waals surface area contributed by atoms with Crippen LogP contribution >= 0.6 is 56.8 Å². The first-order chi connectivity index (χ1) is 13.9. The first-order valence-electron chi connectivity index (χ1n) is 8.18. The number of hydrogen-bond donors (Lipinski definition) is 1. The molecule has 3 aromatic rings. The molecule has 0 unspecified atom stereocenters. The lowest BCUT2D eigenvalue weighted by Crippen LogP contribution is -2.00. The fourth-order valence-electron chi connectivity index (χ4n) is 2.26. The number of nitrogens with one attached hydrogen (secondary N) is 1. The van der Waals surface area contributed by atoms with Crippen molar-refractivity contribution in [1.82, 2.24) is 4.98 Å². The first kappa shape index (κ1) is 21.7. The third-order valence-corrected chi connectivity index (χ3v) is 5.52. The van der Waals surface area contributed by atoms with E-state index in [0.717, 1.165) is 24.0 Å². The highest BCUT2D eigenvalue weighted by atomic mass is 127. The zero-order valence-corrected chi connectivity index (χ0v) is 19.8. The van der Waals surface area contributed by atoms with Crippen LogP contribution in [0.4, 0.5) is 11.5 Å². The molecule has 0 aliphatic carbocycles. The third-order valence-electron chi connectivity index (χ3n) is 3.67. The van der Waals surface area contributed by atoms with Gasteiger partial charge in [-0.25, -0.2) is 4.98 Å². The lowest BCUT2D eigenvalue weighted by atomic mass is 10.2. The minimum absolute atomic E-state index is 0.0715. The van der Waals surface area contributed by atoms with Gasteiger partial charge in [-0.15, -0.1) is 0 Å². The van der Waals surface area contributed by atoms with Crippen molar-refractivity contribution < 1.29 is 9.66 Å². The topological polar surface area (TPSA) is 89.7 Å². The minimum atomic E-state index is -0.500. The number of pyridine rings is 1. The molecule has 0 saturated heterocycles. The summed E-state index contributed by atoms with van der Waals surface area (Å²) in [7, 11) is 0. The summed E-state index contributed by atoms with van der Waals surface area (Å²) >= 11 is 10.4. The van der Waals surface area contributed by atoms with Crippen LogP contribution in [0.1, 0.15) is 11.1 Å². The average molecular weight is 635 g/mol. The summed E-state index contributed by atoms with van der Waals surface area (Å²) in [6, 6.07) is 14.3.